The van der Waals surface area contributed by atoms with E-state index in [1.807, 2.05) is 0 Å². The predicted octanol–water partition coefficient (Wildman–Crippen LogP) is 3.83. The van der Waals surface area contributed by atoms with Gasteiger partial charge >= 0.3 is 6.18 Å². The Labute approximate surface area is 112 Å². The zero-order chi connectivity index (χ0) is 13.9. The lowest BCUT2D eigenvalue weighted by Gasteiger charge is -2.07. The number of hydrogen-bond acceptors (Lipinski definition) is 4. The lowest BCUT2D eigenvalue weighted by Crippen LogP contribution is -2.04. The van der Waals surface area contributed by atoms with E-state index in [2.05, 4.69) is 10.2 Å². The van der Waals surface area contributed by atoms with Crippen LogP contribution in [0.3, 0.4) is 0 Å². The minimum absolute atomic E-state index is 0.505. The van der Waals surface area contributed by atoms with E-state index in [4.69, 9.17) is 4.42 Å². The largest absolute Gasteiger partial charge is 0.425 e. The van der Waals surface area contributed by atoms with Crippen LogP contribution in [0.15, 0.2) is 28.7 Å². The molecular weight excluding hydrogens is 277 g/mol. The highest BCUT2D eigenvalue weighted by Crippen LogP contribution is 2.29. The van der Waals surface area contributed by atoms with Crippen LogP contribution in [0.2, 0.25) is 0 Å². The number of aryl methyl sites for hydroxylation is 1. The number of alkyl halides is 3. The molecule has 2 aromatic rings. The van der Waals surface area contributed by atoms with Crippen LogP contribution < -0.4 is 0 Å². The van der Waals surface area contributed by atoms with Gasteiger partial charge in [-0.2, -0.15) is 13.2 Å². The van der Waals surface area contributed by atoms with Gasteiger partial charge in [0.15, 0.2) is 0 Å². The van der Waals surface area contributed by atoms with Crippen molar-refractivity contribution < 1.29 is 17.6 Å². The van der Waals surface area contributed by atoms with E-state index in [0.717, 1.165) is 17.7 Å². The number of rotatable bonds is 4. The topological polar surface area (TPSA) is 38.9 Å². The summed E-state index contributed by atoms with van der Waals surface area (Å²) < 4.78 is 42.3. The molecule has 1 aromatic carbocycles. The van der Waals surface area contributed by atoms with E-state index in [0.29, 0.717) is 23.3 Å². The second-order valence-electron chi connectivity index (χ2n) is 3.90. The third-order valence-electron chi connectivity index (χ3n) is 2.34. The average molecular weight is 288 g/mol. The van der Waals surface area contributed by atoms with Crippen molar-refractivity contribution in [3.05, 3.63) is 47.2 Å². The summed E-state index contributed by atoms with van der Waals surface area (Å²) in [6.45, 7) is 1.71. The monoisotopic (exact) mass is 288 g/mol. The molecule has 0 bridgehead atoms. The van der Waals surface area contributed by atoms with Crippen molar-refractivity contribution in [1.29, 1.82) is 0 Å². The summed E-state index contributed by atoms with van der Waals surface area (Å²) >= 11 is 1.51. The first kappa shape index (κ1) is 13.9. The molecule has 0 N–H and O–H groups in total. The van der Waals surface area contributed by atoms with Crippen molar-refractivity contribution in [2.24, 2.45) is 0 Å². The van der Waals surface area contributed by atoms with Crippen LogP contribution in [-0.4, -0.2) is 10.2 Å². The molecule has 0 amide bonds. The number of thioether (sulfide) groups is 1. The summed E-state index contributed by atoms with van der Waals surface area (Å²) in [7, 11) is 0. The van der Waals surface area contributed by atoms with Crippen LogP contribution in [0.5, 0.6) is 0 Å². The summed E-state index contributed by atoms with van der Waals surface area (Å²) in [6, 6.07) is 5.14. The summed E-state index contributed by atoms with van der Waals surface area (Å²) in [4.78, 5) is 0. The zero-order valence-corrected chi connectivity index (χ0v) is 10.9. The SMILES string of the molecule is Cc1nnc(CSCc2ccc(C(F)(F)F)cc2)o1. The number of aromatic nitrogens is 2. The summed E-state index contributed by atoms with van der Waals surface area (Å²) in [5.74, 6) is 2.17. The van der Waals surface area contributed by atoms with Crippen molar-refractivity contribution >= 4 is 11.8 Å². The van der Waals surface area contributed by atoms with Crippen molar-refractivity contribution in [3.63, 3.8) is 0 Å². The van der Waals surface area contributed by atoms with Gasteiger partial charge in [0.1, 0.15) is 0 Å². The van der Waals surface area contributed by atoms with E-state index >= 15 is 0 Å². The minimum Gasteiger partial charge on any atom is -0.425 e. The van der Waals surface area contributed by atoms with Crippen molar-refractivity contribution in [3.8, 4) is 0 Å². The molecular formula is C12H11F3N2OS. The number of benzene rings is 1. The predicted molar refractivity (Wildman–Crippen MR) is 65.5 cm³/mol. The van der Waals surface area contributed by atoms with Gasteiger partial charge in [0, 0.05) is 12.7 Å². The molecule has 0 fully saturated rings. The van der Waals surface area contributed by atoms with Crippen LogP contribution in [0.25, 0.3) is 0 Å². The molecule has 3 nitrogen and oxygen atoms in total. The maximum absolute atomic E-state index is 12.4. The van der Waals surface area contributed by atoms with E-state index < -0.39 is 11.7 Å². The highest BCUT2D eigenvalue weighted by molar-refractivity contribution is 7.97. The molecule has 0 aliphatic heterocycles. The fraction of sp³-hybridized carbons (Fsp3) is 0.333. The lowest BCUT2D eigenvalue weighted by atomic mass is 10.1. The Balaban J connectivity index is 1.86. The smallest absolute Gasteiger partial charge is 0.416 e. The van der Waals surface area contributed by atoms with Gasteiger partial charge in [-0.05, 0) is 17.7 Å². The fourth-order valence-electron chi connectivity index (χ4n) is 1.44. The molecule has 0 spiro atoms. The van der Waals surface area contributed by atoms with Gasteiger partial charge in [-0.15, -0.1) is 22.0 Å². The summed E-state index contributed by atoms with van der Waals surface area (Å²) in [6.07, 6.45) is -4.28. The second-order valence-corrected chi connectivity index (χ2v) is 4.89. The standard InChI is InChI=1S/C12H11F3N2OS/c1-8-16-17-11(18-8)7-19-6-9-2-4-10(5-3-9)12(13,14)15/h2-5H,6-7H2,1H3. The number of halogens is 3. The normalized spacial score (nSPS) is 11.8. The van der Waals surface area contributed by atoms with E-state index in [9.17, 15) is 13.2 Å². The summed E-state index contributed by atoms with van der Waals surface area (Å²) in [5.41, 5.74) is 0.197. The van der Waals surface area contributed by atoms with Crippen LogP contribution in [0, 0.1) is 6.92 Å². The first-order valence-electron chi connectivity index (χ1n) is 5.48. The number of nitrogens with zero attached hydrogens (tertiary/aromatic N) is 2. The Morgan fingerprint density at radius 3 is 2.32 bits per heavy atom. The van der Waals surface area contributed by atoms with Gasteiger partial charge < -0.3 is 4.42 Å². The molecule has 0 atom stereocenters. The molecule has 2 rings (SSSR count). The Morgan fingerprint density at radius 1 is 1.11 bits per heavy atom. The zero-order valence-electron chi connectivity index (χ0n) is 10.1. The van der Waals surface area contributed by atoms with Gasteiger partial charge in [-0.3, -0.25) is 0 Å². The van der Waals surface area contributed by atoms with Crippen molar-refractivity contribution in [2.45, 2.75) is 24.6 Å². The summed E-state index contributed by atoms with van der Waals surface area (Å²) in [5, 5.41) is 7.53. The highest BCUT2D eigenvalue weighted by Gasteiger charge is 2.29. The molecule has 7 heteroatoms. The minimum atomic E-state index is -4.28. The van der Waals surface area contributed by atoms with Crippen molar-refractivity contribution in [1.82, 2.24) is 10.2 Å². The molecule has 19 heavy (non-hydrogen) atoms. The Bertz CT molecular complexity index is 537. The first-order chi connectivity index (χ1) is 8.95. The number of hydrogen-bond donors (Lipinski definition) is 0. The van der Waals surface area contributed by atoms with Crippen LogP contribution in [0.1, 0.15) is 22.9 Å². The highest BCUT2D eigenvalue weighted by atomic mass is 32.2. The molecule has 0 saturated carbocycles. The first-order valence-corrected chi connectivity index (χ1v) is 6.63. The van der Waals surface area contributed by atoms with Crippen LogP contribution in [-0.2, 0) is 17.7 Å². The Hall–Kier alpha value is -1.50. The maximum Gasteiger partial charge on any atom is 0.416 e. The Kier molecular flexibility index (Phi) is 4.14. The molecule has 0 saturated heterocycles. The lowest BCUT2D eigenvalue weighted by molar-refractivity contribution is -0.137. The third kappa shape index (κ3) is 3.99. The molecule has 0 unspecified atom stereocenters. The van der Waals surface area contributed by atoms with Crippen LogP contribution >= 0.6 is 11.8 Å². The van der Waals surface area contributed by atoms with E-state index in [-0.39, 0.29) is 0 Å². The van der Waals surface area contributed by atoms with Gasteiger partial charge in [-0.25, -0.2) is 0 Å². The van der Waals surface area contributed by atoms with Gasteiger partial charge in [0.25, 0.3) is 0 Å². The van der Waals surface area contributed by atoms with Gasteiger partial charge in [-0.1, -0.05) is 12.1 Å². The fourth-order valence-corrected chi connectivity index (χ4v) is 2.26. The molecule has 0 aliphatic carbocycles. The van der Waals surface area contributed by atoms with E-state index in [1.54, 1.807) is 6.92 Å². The quantitative estimate of drug-likeness (QED) is 0.857. The molecule has 0 aliphatic rings. The third-order valence-corrected chi connectivity index (χ3v) is 3.33. The maximum atomic E-state index is 12.4. The molecule has 1 aromatic heterocycles. The second kappa shape index (κ2) is 5.64. The molecule has 0 radical (unpaired) electrons. The van der Waals surface area contributed by atoms with Crippen molar-refractivity contribution in [2.75, 3.05) is 0 Å². The van der Waals surface area contributed by atoms with Crippen LogP contribution in [0.4, 0.5) is 13.2 Å². The van der Waals surface area contributed by atoms with E-state index in [1.165, 1.54) is 23.9 Å². The molecule has 1 heterocycles. The molecule has 102 valence electrons. The Morgan fingerprint density at radius 2 is 1.79 bits per heavy atom. The van der Waals surface area contributed by atoms with Gasteiger partial charge in [0.2, 0.25) is 11.8 Å². The average Bonchev–Trinajstić information content (AvgIpc) is 2.75. The van der Waals surface area contributed by atoms with Gasteiger partial charge in [0.05, 0.1) is 11.3 Å².